The molecule has 8 heteroatoms. The van der Waals surface area contributed by atoms with Gasteiger partial charge in [0, 0.05) is 25.2 Å². The fourth-order valence-electron chi connectivity index (χ4n) is 4.74. The summed E-state index contributed by atoms with van der Waals surface area (Å²) in [5, 5.41) is 0. The van der Waals surface area contributed by atoms with Crippen molar-refractivity contribution in [2.75, 3.05) is 18.0 Å². The average Bonchev–Trinajstić information content (AvgIpc) is 3.14. The van der Waals surface area contributed by atoms with Crippen LogP contribution >= 0.6 is 0 Å². The second-order valence-corrected chi connectivity index (χ2v) is 8.61. The topological polar surface area (TPSA) is 98.0 Å². The number of nitrogens with zero attached hydrogens (tertiary/aromatic N) is 3. The number of aromatic nitrogens is 1. The van der Waals surface area contributed by atoms with Crippen LogP contribution in [0.3, 0.4) is 0 Å². The van der Waals surface area contributed by atoms with Crippen molar-refractivity contribution in [3.8, 4) is 23.1 Å². The van der Waals surface area contributed by atoms with Crippen molar-refractivity contribution in [2.45, 2.75) is 24.9 Å². The van der Waals surface area contributed by atoms with Gasteiger partial charge >= 0.3 is 0 Å². The van der Waals surface area contributed by atoms with Gasteiger partial charge in [-0.1, -0.05) is 24.8 Å². The van der Waals surface area contributed by atoms with E-state index >= 15 is 0 Å². The lowest BCUT2D eigenvalue weighted by Crippen LogP contribution is -2.55. The van der Waals surface area contributed by atoms with Gasteiger partial charge in [0.25, 0.3) is 5.91 Å². The predicted octanol–water partition coefficient (Wildman–Crippen LogP) is 4.13. The average molecular weight is 471 g/mol. The number of primary amides is 1. The summed E-state index contributed by atoms with van der Waals surface area (Å²) in [6.45, 7) is 4.94. The van der Waals surface area contributed by atoms with Crippen LogP contribution in [0.4, 0.5) is 5.82 Å². The monoisotopic (exact) mass is 470 g/mol. The number of pyridine rings is 1. The first-order valence-electron chi connectivity index (χ1n) is 11.5. The number of benzene rings is 2. The summed E-state index contributed by atoms with van der Waals surface area (Å²) in [7, 11) is 0. The maximum atomic E-state index is 12.3. The minimum atomic E-state index is -0.621. The van der Waals surface area contributed by atoms with Gasteiger partial charge < -0.3 is 25.0 Å². The van der Waals surface area contributed by atoms with Crippen molar-refractivity contribution >= 4 is 17.6 Å². The van der Waals surface area contributed by atoms with E-state index in [9.17, 15) is 9.59 Å². The fraction of sp³-hybridized carbons (Fsp3) is 0.222. The van der Waals surface area contributed by atoms with Crippen LogP contribution in [0.25, 0.3) is 0 Å². The Morgan fingerprint density at radius 1 is 0.886 bits per heavy atom. The zero-order valence-corrected chi connectivity index (χ0v) is 19.2. The van der Waals surface area contributed by atoms with Crippen LogP contribution in [0.2, 0.25) is 0 Å². The Bertz CT molecular complexity index is 1230. The highest BCUT2D eigenvalue weighted by Crippen LogP contribution is 2.34. The molecule has 0 aliphatic carbocycles. The van der Waals surface area contributed by atoms with Crippen LogP contribution in [0.15, 0.2) is 79.4 Å². The van der Waals surface area contributed by atoms with Crippen LogP contribution in [-0.4, -0.2) is 46.9 Å². The number of piperazine rings is 1. The van der Waals surface area contributed by atoms with E-state index in [-0.39, 0.29) is 29.4 Å². The van der Waals surface area contributed by atoms with E-state index in [1.807, 2.05) is 35.2 Å². The highest BCUT2D eigenvalue weighted by atomic mass is 16.5. The summed E-state index contributed by atoms with van der Waals surface area (Å²) >= 11 is 0. The summed E-state index contributed by atoms with van der Waals surface area (Å²) < 4.78 is 11.8. The molecule has 0 saturated carbocycles. The third-order valence-corrected chi connectivity index (χ3v) is 6.36. The molecule has 3 aromatic rings. The third-order valence-electron chi connectivity index (χ3n) is 6.36. The molecule has 2 aromatic carbocycles. The van der Waals surface area contributed by atoms with Gasteiger partial charge in [0.1, 0.15) is 28.6 Å². The van der Waals surface area contributed by atoms with Gasteiger partial charge in [-0.15, -0.1) is 0 Å². The quantitative estimate of drug-likeness (QED) is 0.522. The molecule has 1 aromatic heterocycles. The number of nitrogens with two attached hydrogens (primary N) is 1. The molecule has 2 N–H and O–H groups in total. The highest BCUT2D eigenvalue weighted by Gasteiger charge is 2.42. The smallest absolute Gasteiger partial charge is 0.254 e. The molecular formula is C27H26N4O4. The van der Waals surface area contributed by atoms with Crippen LogP contribution in [0.1, 0.15) is 23.2 Å². The van der Waals surface area contributed by atoms with Crippen molar-refractivity contribution in [3.05, 3.63) is 84.9 Å². The molecule has 2 unspecified atom stereocenters. The molecule has 2 aliphatic heterocycles. The summed E-state index contributed by atoms with van der Waals surface area (Å²) in [5.74, 6) is 2.06. The number of para-hydroxylation sites is 1. The zero-order valence-electron chi connectivity index (χ0n) is 19.2. The SMILES string of the molecule is C=CC(=O)N1C2CCC1CN(c1ccc(C(N)=O)c(Oc3ccc(Oc4ccccc4)cc3)n1)C2. The second kappa shape index (κ2) is 9.50. The summed E-state index contributed by atoms with van der Waals surface area (Å²) in [6, 6.07) is 20.2. The molecule has 2 aliphatic rings. The van der Waals surface area contributed by atoms with Crippen molar-refractivity contribution in [1.29, 1.82) is 0 Å². The number of anilines is 1. The van der Waals surface area contributed by atoms with Crippen molar-refractivity contribution < 1.29 is 19.1 Å². The van der Waals surface area contributed by atoms with E-state index in [0.717, 1.165) is 18.6 Å². The van der Waals surface area contributed by atoms with Gasteiger partial charge in [-0.25, -0.2) is 0 Å². The molecule has 3 heterocycles. The van der Waals surface area contributed by atoms with E-state index in [2.05, 4.69) is 16.5 Å². The minimum absolute atomic E-state index is 0.0297. The lowest BCUT2D eigenvalue weighted by Gasteiger charge is -2.41. The Labute approximate surface area is 203 Å². The number of rotatable bonds is 7. The molecule has 8 nitrogen and oxygen atoms in total. The van der Waals surface area contributed by atoms with Crippen molar-refractivity contribution in [1.82, 2.24) is 9.88 Å². The van der Waals surface area contributed by atoms with E-state index in [1.54, 1.807) is 36.4 Å². The molecule has 2 fully saturated rings. The van der Waals surface area contributed by atoms with Gasteiger partial charge in [-0.3, -0.25) is 9.59 Å². The Hall–Kier alpha value is -4.33. The molecule has 2 atom stereocenters. The van der Waals surface area contributed by atoms with E-state index < -0.39 is 5.91 Å². The molecule has 5 rings (SSSR count). The van der Waals surface area contributed by atoms with Crippen LogP contribution in [0, 0.1) is 0 Å². The van der Waals surface area contributed by atoms with Gasteiger partial charge in [-0.05, 0) is 67.4 Å². The molecular weight excluding hydrogens is 444 g/mol. The normalized spacial score (nSPS) is 18.7. The molecule has 178 valence electrons. The van der Waals surface area contributed by atoms with E-state index in [4.69, 9.17) is 15.2 Å². The van der Waals surface area contributed by atoms with Crippen LogP contribution < -0.4 is 20.1 Å². The summed E-state index contributed by atoms with van der Waals surface area (Å²) in [4.78, 5) is 33.0. The van der Waals surface area contributed by atoms with Gasteiger partial charge in [0.05, 0.1) is 0 Å². The number of carbonyl (C=O) groups excluding carboxylic acids is 2. The number of fused-ring (bicyclic) bond motifs is 2. The Kier molecular flexibility index (Phi) is 6.10. The number of carbonyl (C=O) groups is 2. The van der Waals surface area contributed by atoms with Gasteiger partial charge in [0.2, 0.25) is 11.8 Å². The fourth-order valence-corrected chi connectivity index (χ4v) is 4.74. The summed E-state index contributed by atoms with van der Waals surface area (Å²) in [5.41, 5.74) is 5.78. The number of hydrogen-bond acceptors (Lipinski definition) is 6. The van der Waals surface area contributed by atoms with Gasteiger partial charge in [0.15, 0.2) is 0 Å². The Balaban J connectivity index is 1.34. The second-order valence-electron chi connectivity index (χ2n) is 8.61. The lowest BCUT2D eigenvalue weighted by atomic mass is 10.1. The largest absolute Gasteiger partial charge is 0.457 e. The Morgan fingerprint density at radius 3 is 2.09 bits per heavy atom. The predicted molar refractivity (Wildman–Crippen MR) is 132 cm³/mol. The molecule has 2 saturated heterocycles. The van der Waals surface area contributed by atoms with Crippen LogP contribution in [0.5, 0.6) is 23.1 Å². The van der Waals surface area contributed by atoms with Crippen LogP contribution in [-0.2, 0) is 4.79 Å². The number of hydrogen-bond donors (Lipinski definition) is 1. The zero-order chi connectivity index (χ0) is 24.4. The maximum absolute atomic E-state index is 12.3. The molecule has 0 radical (unpaired) electrons. The molecule has 2 amide bonds. The first kappa shape index (κ1) is 22.5. The molecule has 2 bridgehead atoms. The van der Waals surface area contributed by atoms with Gasteiger partial charge in [-0.2, -0.15) is 4.98 Å². The minimum Gasteiger partial charge on any atom is -0.457 e. The lowest BCUT2D eigenvalue weighted by molar-refractivity contribution is -0.129. The number of ether oxygens (including phenoxy) is 2. The highest BCUT2D eigenvalue weighted by molar-refractivity contribution is 5.95. The Morgan fingerprint density at radius 2 is 1.49 bits per heavy atom. The van der Waals surface area contributed by atoms with Crippen molar-refractivity contribution in [2.24, 2.45) is 5.73 Å². The van der Waals surface area contributed by atoms with E-state index in [0.29, 0.717) is 30.4 Å². The maximum Gasteiger partial charge on any atom is 0.254 e. The summed E-state index contributed by atoms with van der Waals surface area (Å²) in [6.07, 6.45) is 3.27. The third kappa shape index (κ3) is 4.68. The standard InChI is InChI=1S/C27H26N4O4/c1-2-25(32)31-18-8-9-19(31)17-30(16-18)24-15-14-23(26(28)33)27(29-24)35-22-12-10-21(11-13-22)34-20-6-4-3-5-7-20/h2-7,10-15,18-19H,1,8-9,16-17H2,(H2,28,33). The van der Waals surface area contributed by atoms with Crippen molar-refractivity contribution in [3.63, 3.8) is 0 Å². The number of amides is 2. The molecule has 35 heavy (non-hydrogen) atoms. The first-order chi connectivity index (χ1) is 17.0. The molecule has 0 spiro atoms. The first-order valence-corrected chi connectivity index (χ1v) is 11.5. The van der Waals surface area contributed by atoms with E-state index in [1.165, 1.54) is 6.08 Å².